The topological polar surface area (TPSA) is 91.0 Å². The Bertz CT molecular complexity index is 73.3. The third-order valence-corrected chi connectivity index (χ3v) is 0.623. The zero-order valence-corrected chi connectivity index (χ0v) is 3.92. The molecule has 0 saturated carbocycles. The molecule has 0 bridgehead atoms. The van der Waals surface area contributed by atoms with Crippen LogP contribution in [0.2, 0.25) is 0 Å². The lowest BCUT2D eigenvalue weighted by atomic mass is 10.3. The molecule has 0 fully saturated rings. The number of carbonyl (C=O) groups excluding carboxylic acids is 1. The molecular formula is C3H9N2O2+. The molecule has 0 aliphatic heterocycles. The van der Waals surface area contributed by atoms with Gasteiger partial charge in [0, 0.05) is 0 Å². The molecule has 42 valence electrons. The van der Waals surface area contributed by atoms with Gasteiger partial charge in [0.1, 0.15) is 6.61 Å². The minimum Gasteiger partial charge on any atom is -0.390 e. The number of rotatable bonds is 2. The molecule has 4 heteroatoms. The van der Waals surface area contributed by atoms with E-state index in [9.17, 15) is 4.79 Å². The maximum absolute atomic E-state index is 9.93. The van der Waals surface area contributed by atoms with Gasteiger partial charge in [-0.15, -0.1) is 0 Å². The van der Waals surface area contributed by atoms with Crippen molar-refractivity contribution < 1.29 is 15.6 Å². The monoisotopic (exact) mass is 105 g/mol. The Morgan fingerprint density at radius 3 is 2.43 bits per heavy atom. The fraction of sp³-hybridized carbons (Fsp3) is 0.667. The number of carbonyl (C=O) groups is 1. The molecule has 6 N–H and O–H groups in total. The maximum atomic E-state index is 9.93. The predicted molar refractivity (Wildman–Crippen MR) is 23.0 cm³/mol. The molecule has 0 radical (unpaired) electrons. The fourth-order valence-electron chi connectivity index (χ4n) is 0.0900. The molecular weight excluding hydrogens is 96.0 g/mol. The van der Waals surface area contributed by atoms with Gasteiger partial charge in [-0.1, -0.05) is 0 Å². The highest BCUT2D eigenvalue weighted by Gasteiger charge is 2.08. The first-order valence-corrected chi connectivity index (χ1v) is 1.91. The van der Waals surface area contributed by atoms with Crippen LogP contribution in [-0.4, -0.2) is 23.7 Å². The molecule has 7 heavy (non-hydrogen) atoms. The smallest absolute Gasteiger partial charge is 0.278 e. The third-order valence-electron chi connectivity index (χ3n) is 0.623. The van der Waals surface area contributed by atoms with E-state index in [0.717, 1.165) is 0 Å². The highest BCUT2D eigenvalue weighted by molar-refractivity contribution is 5.78. The van der Waals surface area contributed by atoms with Crippen molar-refractivity contribution in [2.24, 2.45) is 5.73 Å². The third kappa shape index (κ3) is 2.13. The zero-order valence-electron chi connectivity index (χ0n) is 3.92. The largest absolute Gasteiger partial charge is 0.390 e. The van der Waals surface area contributed by atoms with E-state index >= 15 is 0 Å². The van der Waals surface area contributed by atoms with Crippen LogP contribution in [0, 0.1) is 0 Å². The minimum absolute atomic E-state index is 0.269. The van der Waals surface area contributed by atoms with E-state index in [1.807, 2.05) is 0 Å². The van der Waals surface area contributed by atoms with Gasteiger partial charge >= 0.3 is 0 Å². The number of primary amides is 1. The average Bonchev–Trinajstić information content (AvgIpc) is 1.65. The molecule has 0 unspecified atom stereocenters. The van der Waals surface area contributed by atoms with Crippen molar-refractivity contribution in [2.75, 3.05) is 6.61 Å². The lowest BCUT2D eigenvalue weighted by Gasteiger charge is -1.94. The summed E-state index contributed by atoms with van der Waals surface area (Å²) in [5, 5.41) is 8.14. The van der Waals surface area contributed by atoms with E-state index in [1.165, 1.54) is 0 Å². The lowest BCUT2D eigenvalue weighted by Crippen LogP contribution is -2.68. The highest BCUT2D eigenvalue weighted by Crippen LogP contribution is 1.63. The second-order valence-electron chi connectivity index (χ2n) is 1.28. The molecule has 0 aliphatic carbocycles. The van der Waals surface area contributed by atoms with E-state index in [0.29, 0.717) is 0 Å². The van der Waals surface area contributed by atoms with Crippen LogP contribution < -0.4 is 11.5 Å². The van der Waals surface area contributed by atoms with Gasteiger partial charge in [0.25, 0.3) is 5.91 Å². The van der Waals surface area contributed by atoms with E-state index in [2.05, 4.69) is 11.5 Å². The van der Waals surface area contributed by atoms with Gasteiger partial charge in [0.2, 0.25) is 0 Å². The van der Waals surface area contributed by atoms with E-state index < -0.39 is 11.9 Å². The zero-order chi connectivity index (χ0) is 5.86. The Kier molecular flexibility index (Phi) is 2.32. The van der Waals surface area contributed by atoms with E-state index in [1.54, 1.807) is 0 Å². The second kappa shape index (κ2) is 2.54. The SMILES string of the molecule is NC(=O)[C@@H]([NH3+])CO. The van der Waals surface area contributed by atoms with Crippen LogP contribution in [0.3, 0.4) is 0 Å². The number of hydrogen-bond acceptors (Lipinski definition) is 2. The Morgan fingerprint density at radius 2 is 2.43 bits per heavy atom. The van der Waals surface area contributed by atoms with Crippen molar-refractivity contribution in [3.8, 4) is 0 Å². The molecule has 0 aliphatic rings. The summed E-state index contributed by atoms with van der Waals surface area (Å²) >= 11 is 0. The molecule has 0 aromatic rings. The number of nitrogens with two attached hydrogens (primary N) is 1. The van der Waals surface area contributed by atoms with Crippen LogP contribution >= 0.6 is 0 Å². The summed E-state index contributed by atoms with van der Waals surface area (Å²) < 4.78 is 0. The molecule has 4 nitrogen and oxygen atoms in total. The summed E-state index contributed by atoms with van der Waals surface area (Å²) in [4.78, 5) is 9.93. The molecule has 1 amide bonds. The number of quaternary nitrogens is 1. The van der Waals surface area contributed by atoms with Crippen molar-refractivity contribution in [3.05, 3.63) is 0 Å². The number of amides is 1. The highest BCUT2D eigenvalue weighted by atomic mass is 16.3. The first kappa shape index (κ1) is 6.39. The molecule has 0 rings (SSSR count). The number of aliphatic hydroxyl groups is 1. The summed E-state index contributed by atoms with van der Waals surface area (Å²) in [6.45, 7) is -0.269. The van der Waals surface area contributed by atoms with Crippen molar-refractivity contribution >= 4 is 5.91 Å². The molecule has 0 aromatic carbocycles. The Balaban J connectivity index is 3.34. The van der Waals surface area contributed by atoms with Gasteiger partial charge in [-0.2, -0.15) is 0 Å². The maximum Gasteiger partial charge on any atom is 0.278 e. The van der Waals surface area contributed by atoms with Crippen LogP contribution in [0.15, 0.2) is 0 Å². The van der Waals surface area contributed by atoms with Crippen LogP contribution in [0.25, 0.3) is 0 Å². The second-order valence-corrected chi connectivity index (χ2v) is 1.28. The fourth-order valence-corrected chi connectivity index (χ4v) is 0.0900. The van der Waals surface area contributed by atoms with Gasteiger partial charge < -0.3 is 16.6 Å². The summed E-state index contributed by atoms with van der Waals surface area (Å²) in [6, 6.07) is -0.653. The Morgan fingerprint density at radius 1 is 2.00 bits per heavy atom. The summed E-state index contributed by atoms with van der Waals surface area (Å²) in [6.07, 6.45) is 0. The molecule has 1 atom stereocenters. The van der Waals surface area contributed by atoms with Crippen molar-refractivity contribution in [1.29, 1.82) is 0 Å². The quantitative estimate of drug-likeness (QED) is 0.351. The predicted octanol–water partition coefficient (Wildman–Crippen LogP) is -2.93. The Labute approximate surface area is 41.1 Å². The molecule has 0 heterocycles. The number of aliphatic hydroxyl groups excluding tert-OH is 1. The molecule has 0 saturated heterocycles. The van der Waals surface area contributed by atoms with Crippen LogP contribution in [0.1, 0.15) is 0 Å². The number of hydrogen-bond donors (Lipinski definition) is 3. The summed E-state index contributed by atoms with van der Waals surface area (Å²) in [5.74, 6) is -0.567. The lowest BCUT2D eigenvalue weighted by molar-refractivity contribution is -0.408. The van der Waals surface area contributed by atoms with Crippen LogP contribution in [-0.2, 0) is 4.79 Å². The average molecular weight is 105 g/mol. The van der Waals surface area contributed by atoms with Crippen molar-refractivity contribution in [2.45, 2.75) is 6.04 Å². The summed E-state index contributed by atoms with van der Waals surface area (Å²) in [7, 11) is 0. The Hall–Kier alpha value is -0.610. The van der Waals surface area contributed by atoms with E-state index in [4.69, 9.17) is 5.11 Å². The summed E-state index contributed by atoms with van der Waals surface area (Å²) in [5.41, 5.74) is 7.92. The van der Waals surface area contributed by atoms with Crippen molar-refractivity contribution in [3.63, 3.8) is 0 Å². The molecule has 0 spiro atoms. The normalized spacial score (nSPS) is 13.4. The van der Waals surface area contributed by atoms with Crippen LogP contribution in [0.5, 0.6) is 0 Å². The minimum atomic E-state index is -0.653. The van der Waals surface area contributed by atoms with Gasteiger partial charge in [-0.3, -0.25) is 4.79 Å². The first-order chi connectivity index (χ1) is 3.18. The molecule has 0 aromatic heterocycles. The van der Waals surface area contributed by atoms with Gasteiger partial charge in [0.05, 0.1) is 0 Å². The van der Waals surface area contributed by atoms with Gasteiger partial charge in [-0.25, -0.2) is 0 Å². The van der Waals surface area contributed by atoms with Gasteiger partial charge in [0.15, 0.2) is 6.04 Å². The van der Waals surface area contributed by atoms with E-state index in [-0.39, 0.29) is 6.61 Å². The first-order valence-electron chi connectivity index (χ1n) is 1.91. The van der Waals surface area contributed by atoms with Crippen LogP contribution in [0.4, 0.5) is 0 Å². The standard InChI is InChI=1S/C3H8N2O2/c4-2(1-6)3(5)7/h2,6H,1,4H2,(H2,5,7)/p+1/t2-/m0/s1. The van der Waals surface area contributed by atoms with Crippen molar-refractivity contribution in [1.82, 2.24) is 0 Å². The van der Waals surface area contributed by atoms with Gasteiger partial charge in [-0.05, 0) is 0 Å².